The van der Waals surface area contributed by atoms with Crippen molar-refractivity contribution in [2.24, 2.45) is 10.4 Å². The number of thioether (sulfide) groups is 1. The molecule has 0 aromatic carbocycles. The topological polar surface area (TPSA) is 36.9 Å². The first-order valence-electron chi connectivity index (χ1n) is 7.33. The van der Waals surface area contributed by atoms with Crippen LogP contribution in [0.4, 0.5) is 0 Å². The smallest absolute Gasteiger partial charge is 0.193 e. The number of hydrogen-bond donors (Lipinski definition) is 1. The minimum Gasteiger partial charge on any atom is -0.381 e. The largest absolute Gasteiger partial charge is 0.381 e. The summed E-state index contributed by atoms with van der Waals surface area (Å²) in [4.78, 5) is 7.21. The molecule has 2 saturated heterocycles. The number of rotatable bonds is 4. The van der Waals surface area contributed by atoms with E-state index in [-0.39, 0.29) is 24.0 Å². The Kier molecular flexibility index (Phi) is 7.97. The SMILES string of the molecule is CCNC(=NCC(C)SC)N1CCC2(CCOC2)C1.I. The molecule has 118 valence electrons. The van der Waals surface area contributed by atoms with Gasteiger partial charge in [0.05, 0.1) is 13.2 Å². The van der Waals surface area contributed by atoms with Gasteiger partial charge in [0, 0.05) is 36.9 Å². The lowest BCUT2D eigenvalue weighted by Crippen LogP contribution is -2.41. The van der Waals surface area contributed by atoms with E-state index in [1.165, 1.54) is 12.8 Å². The third-order valence-electron chi connectivity index (χ3n) is 4.16. The summed E-state index contributed by atoms with van der Waals surface area (Å²) in [5, 5.41) is 4.02. The molecule has 2 aliphatic heterocycles. The molecule has 1 spiro atoms. The number of guanidine groups is 1. The highest BCUT2D eigenvalue weighted by atomic mass is 127. The van der Waals surface area contributed by atoms with Crippen molar-refractivity contribution >= 4 is 41.7 Å². The zero-order valence-corrected chi connectivity index (χ0v) is 16.0. The molecular weight excluding hydrogens is 385 g/mol. The number of halogens is 1. The lowest BCUT2D eigenvalue weighted by molar-refractivity contribution is 0.156. The fourth-order valence-corrected chi connectivity index (χ4v) is 3.03. The summed E-state index contributed by atoms with van der Waals surface area (Å²) in [6.45, 7) is 10.3. The Morgan fingerprint density at radius 1 is 1.50 bits per heavy atom. The molecule has 0 aromatic rings. The van der Waals surface area contributed by atoms with E-state index in [1.807, 2.05) is 11.8 Å². The highest BCUT2D eigenvalue weighted by Gasteiger charge is 2.42. The van der Waals surface area contributed by atoms with Crippen molar-refractivity contribution in [1.82, 2.24) is 10.2 Å². The second-order valence-electron chi connectivity index (χ2n) is 5.72. The molecule has 2 heterocycles. The van der Waals surface area contributed by atoms with E-state index < -0.39 is 0 Å². The Labute approximate surface area is 144 Å². The Bertz CT molecular complexity index is 322. The van der Waals surface area contributed by atoms with Gasteiger partial charge in [-0.2, -0.15) is 11.8 Å². The molecule has 1 N–H and O–H groups in total. The normalized spacial score (nSPS) is 27.8. The van der Waals surface area contributed by atoms with Gasteiger partial charge in [0.15, 0.2) is 5.96 Å². The Balaban J connectivity index is 0.00000200. The number of likely N-dealkylation sites (tertiary alicyclic amines) is 1. The van der Waals surface area contributed by atoms with Crippen LogP contribution in [0.2, 0.25) is 0 Å². The maximum absolute atomic E-state index is 5.60. The van der Waals surface area contributed by atoms with Gasteiger partial charge in [0.2, 0.25) is 0 Å². The van der Waals surface area contributed by atoms with Crippen molar-refractivity contribution in [3.63, 3.8) is 0 Å². The first kappa shape index (κ1) is 18.4. The molecule has 0 aliphatic carbocycles. The molecule has 2 atom stereocenters. The van der Waals surface area contributed by atoms with Gasteiger partial charge in [-0.25, -0.2) is 0 Å². The van der Waals surface area contributed by atoms with Crippen LogP contribution in [-0.2, 0) is 4.74 Å². The van der Waals surface area contributed by atoms with Crippen LogP contribution in [0.15, 0.2) is 4.99 Å². The van der Waals surface area contributed by atoms with E-state index in [2.05, 4.69) is 30.3 Å². The van der Waals surface area contributed by atoms with Crippen LogP contribution in [0.25, 0.3) is 0 Å². The van der Waals surface area contributed by atoms with Crippen molar-refractivity contribution in [2.75, 3.05) is 45.6 Å². The monoisotopic (exact) mass is 413 g/mol. The van der Waals surface area contributed by atoms with Crippen molar-refractivity contribution < 1.29 is 4.74 Å². The second-order valence-corrected chi connectivity index (χ2v) is 6.99. The quantitative estimate of drug-likeness (QED) is 0.437. The molecule has 0 bridgehead atoms. The summed E-state index contributed by atoms with van der Waals surface area (Å²) in [5.41, 5.74) is 0.404. The van der Waals surface area contributed by atoms with Crippen molar-refractivity contribution in [3.8, 4) is 0 Å². The molecule has 2 unspecified atom stereocenters. The van der Waals surface area contributed by atoms with Gasteiger partial charge < -0.3 is 15.0 Å². The third-order valence-corrected chi connectivity index (χ3v) is 5.11. The zero-order chi connectivity index (χ0) is 13.7. The number of hydrogen-bond acceptors (Lipinski definition) is 3. The van der Waals surface area contributed by atoms with Gasteiger partial charge in [-0.15, -0.1) is 24.0 Å². The number of nitrogens with one attached hydrogen (secondary N) is 1. The number of aliphatic imine (C=N–C) groups is 1. The van der Waals surface area contributed by atoms with Crippen LogP contribution in [0.1, 0.15) is 26.7 Å². The summed E-state index contributed by atoms with van der Waals surface area (Å²) in [6.07, 6.45) is 4.60. The third kappa shape index (κ3) is 4.66. The molecule has 2 aliphatic rings. The molecule has 0 saturated carbocycles. The molecule has 2 rings (SSSR count). The van der Waals surface area contributed by atoms with Gasteiger partial charge in [-0.05, 0) is 26.0 Å². The maximum Gasteiger partial charge on any atom is 0.193 e. The van der Waals surface area contributed by atoms with Gasteiger partial charge in [0.1, 0.15) is 0 Å². The fourth-order valence-electron chi connectivity index (χ4n) is 2.80. The summed E-state index contributed by atoms with van der Waals surface area (Å²) in [5.74, 6) is 1.09. The first-order chi connectivity index (χ1) is 9.19. The summed E-state index contributed by atoms with van der Waals surface area (Å²) < 4.78 is 5.60. The van der Waals surface area contributed by atoms with Crippen molar-refractivity contribution in [2.45, 2.75) is 31.9 Å². The minimum absolute atomic E-state index is 0. The average Bonchev–Trinajstić information content (AvgIpc) is 3.05. The van der Waals surface area contributed by atoms with E-state index in [9.17, 15) is 0 Å². The Morgan fingerprint density at radius 2 is 2.30 bits per heavy atom. The molecule has 4 nitrogen and oxygen atoms in total. The van der Waals surface area contributed by atoms with Crippen LogP contribution in [0, 0.1) is 5.41 Å². The van der Waals surface area contributed by atoms with Crippen LogP contribution >= 0.6 is 35.7 Å². The summed E-state index contributed by atoms with van der Waals surface area (Å²) in [6, 6.07) is 0. The van der Waals surface area contributed by atoms with Crippen LogP contribution in [0.5, 0.6) is 0 Å². The first-order valence-corrected chi connectivity index (χ1v) is 8.62. The zero-order valence-electron chi connectivity index (χ0n) is 12.9. The fraction of sp³-hybridized carbons (Fsp3) is 0.929. The number of ether oxygens (including phenoxy) is 1. The summed E-state index contributed by atoms with van der Waals surface area (Å²) in [7, 11) is 0. The molecule has 20 heavy (non-hydrogen) atoms. The average molecular weight is 413 g/mol. The molecule has 0 radical (unpaired) electrons. The predicted molar refractivity (Wildman–Crippen MR) is 98.4 cm³/mol. The Morgan fingerprint density at radius 3 is 2.90 bits per heavy atom. The highest BCUT2D eigenvalue weighted by Crippen LogP contribution is 2.38. The molecule has 0 amide bonds. The van der Waals surface area contributed by atoms with Crippen LogP contribution in [0.3, 0.4) is 0 Å². The van der Waals surface area contributed by atoms with E-state index in [1.54, 1.807) is 0 Å². The minimum atomic E-state index is 0. The Hall–Kier alpha value is 0.310. The van der Waals surface area contributed by atoms with E-state index in [4.69, 9.17) is 9.73 Å². The summed E-state index contributed by atoms with van der Waals surface area (Å²) >= 11 is 1.87. The maximum atomic E-state index is 5.60. The van der Waals surface area contributed by atoms with E-state index in [0.717, 1.165) is 45.4 Å². The van der Waals surface area contributed by atoms with E-state index in [0.29, 0.717) is 10.7 Å². The van der Waals surface area contributed by atoms with Crippen molar-refractivity contribution in [1.29, 1.82) is 0 Å². The highest BCUT2D eigenvalue weighted by molar-refractivity contribution is 14.0. The van der Waals surface area contributed by atoms with Crippen LogP contribution in [-0.4, -0.2) is 61.8 Å². The molecule has 0 aromatic heterocycles. The molecule has 2 fully saturated rings. The molecule has 6 heteroatoms. The molecular formula is C14H28IN3OS. The lowest BCUT2D eigenvalue weighted by atomic mass is 9.87. The predicted octanol–water partition coefficient (Wildman–Crippen LogP) is 2.43. The van der Waals surface area contributed by atoms with Gasteiger partial charge in [-0.1, -0.05) is 6.92 Å². The van der Waals surface area contributed by atoms with Crippen LogP contribution < -0.4 is 5.32 Å². The van der Waals surface area contributed by atoms with Gasteiger partial charge >= 0.3 is 0 Å². The standard InChI is InChI=1S/C14H27N3OS.HI/c1-4-15-13(16-9-12(2)19-3)17-7-5-14(10-17)6-8-18-11-14;/h12H,4-11H2,1-3H3,(H,15,16);1H. The van der Waals surface area contributed by atoms with Gasteiger partial charge in [-0.3, -0.25) is 4.99 Å². The lowest BCUT2D eigenvalue weighted by Gasteiger charge is -2.25. The van der Waals surface area contributed by atoms with Crippen molar-refractivity contribution in [3.05, 3.63) is 0 Å². The van der Waals surface area contributed by atoms with Gasteiger partial charge in [0.25, 0.3) is 0 Å². The second kappa shape index (κ2) is 8.68. The number of nitrogens with zero attached hydrogens (tertiary/aromatic N) is 2. The van der Waals surface area contributed by atoms with E-state index >= 15 is 0 Å².